The minimum atomic E-state index is 0.449. The molecule has 0 bridgehead atoms. The molecule has 0 aliphatic heterocycles. The number of hydrogen-bond donors (Lipinski definition) is 1. The maximum absolute atomic E-state index is 3.84. The van der Waals surface area contributed by atoms with Crippen LogP contribution in [-0.2, 0) is 6.42 Å². The molecule has 0 aromatic heterocycles. The molecule has 1 aliphatic rings. The van der Waals surface area contributed by atoms with Crippen LogP contribution in [0.15, 0.2) is 83.3 Å². The predicted octanol–water partition coefficient (Wildman–Crippen LogP) is 9.68. The summed E-state index contributed by atoms with van der Waals surface area (Å²) in [4.78, 5) is 0. The van der Waals surface area contributed by atoms with Crippen LogP contribution >= 0.6 is 15.9 Å². The highest BCUT2D eigenvalue weighted by Crippen LogP contribution is 2.48. The van der Waals surface area contributed by atoms with Gasteiger partial charge in [-0.15, -0.1) is 0 Å². The Morgan fingerprint density at radius 2 is 1.33 bits per heavy atom. The number of anilines is 2. The molecule has 4 aromatic carbocycles. The smallest absolute Gasteiger partial charge is 0.0506 e. The fraction of sp³-hybridized carbons (Fsp3) is 0.226. The lowest BCUT2D eigenvalue weighted by Crippen LogP contribution is -2.04. The van der Waals surface area contributed by atoms with Crippen LogP contribution in [0.1, 0.15) is 61.8 Å². The molecular weight excluding hydrogens is 466 g/mol. The fourth-order valence-corrected chi connectivity index (χ4v) is 5.53. The molecule has 1 nitrogen and oxygen atoms in total. The molecule has 2 heteroatoms. The summed E-state index contributed by atoms with van der Waals surface area (Å²) in [6.45, 7) is 9.20. The van der Waals surface area contributed by atoms with Gasteiger partial charge in [0.15, 0.2) is 0 Å². The molecule has 5 rings (SSSR count). The molecular formula is C31H30BrN. The van der Waals surface area contributed by atoms with Crippen LogP contribution in [0.4, 0.5) is 11.4 Å². The maximum atomic E-state index is 3.84. The van der Waals surface area contributed by atoms with Crippen LogP contribution in [0.3, 0.4) is 0 Å². The Morgan fingerprint density at radius 1 is 0.697 bits per heavy atom. The summed E-state index contributed by atoms with van der Waals surface area (Å²) in [6.07, 6.45) is 0.938. The molecule has 0 unspecified atom stereocenters. The summed E-state index contributed by atoms with van der Waals surface area (Å²) in [5, 5.41) is 3.84. The number of benzene rings is 4. The Morgan fingerprint density at radius 3 is 2.00 bits per heavy atom. The van der Waals surface area contributed by atoms with Gasteiger partial charge in [-0.1, -0.05) is 98.2 Å². The molecule has 0 heterocycles. The van der Waals surface area contributed by atoms with Gasteiger partial charge < -0.3 is 5.32 Å². The first-order chi connectivity index (χ1) is 15.9. The summed E-state index contributed by atoms with van der Waals surface area (Å²) >= 11 is 3.67. The van der Waals surface area contributed by atoms with E-state index in [4.69, 9.17) is 0 Å². The molecule has 1 aliphatic carbocycles. The molecule has 0 spiro atoms. The van der Waals surface area contributed by atoms with Crippen molar-refractivity contribution in [1.29, 1.82) is 0 Å². The summed E-state index contributed by atoms with van der Waals surface area (Å²) < 4.78 is 1.14. The highest BCUT2D eigenvalue weighted by Gasteiger charge is 2.26. The van der Waals surface area contributed by atoms with Gasteiger partial charge >= 0.3 is 0 Å². The van der Waals surface area contributed by atoms with Crippen LogP contribution in [-0.4, -0.2) is 0 Å². The summed E-state index contributed by atoms with van der Waals surface area (Å²) in [5.41, 5.74) is 13.3. The van der Waals surface area contributed by atoms with Crippen molar-refractivity contribution < 1.29 is 0 Å². The first-order valence-corrected chi connectivity index (χ1v) is 12.6. The number of hydrogen-bond acceptors (Lipinski definition) is 1. The zero-order chi connectivity index (χ0) is 23.1. The number of para-hydroxylation sites is 1. The Hall–Kier alpha value is -2.84. The van der Waals surface area contributed by atoms with Gasteiger partial charge in [-0.2, -0.15) is 0 Å². The van der Waals surface area contributed by atoms with E-state index in [1.165, 1.54) is 50.2 Å². The van der Waals surface area contributed by atoms with E-state index in [0.717, 1.165) is 16.6 Å². The van der Waals surface area contributed by atoms with Crippen LogP contribution in [0.25, 0.3) is 22.3 Å². The summed E-state index contributed by atoms with van der Waals surface area (Å²) in [5.74, 6) is 0.898. The molecule has 0 amide bonds. The van der Waals surface area contributed by atoms with Crippen molar-refractivity contribution in [2.75, 3.05) is 5.32 Å². The largest absolute Gasteiger partial charge is 0.355 e. The normalized spacial score (nSPS) is 12.2. The minimum Gasteiger partial charge on any atom is -0.355 e. The second-order valence-corrected chi connectivity index (χ2v) is 10.5. The van der Waals surface area contributed by atoms with E-state index < -0.39 is 0 Å². The lowest BCUT2D eigenvalue weighted by molar-refractivity contribution is 0.838. The van der Waals surface area contributed by atoms with Crippen LogP contribution in [0.5, 0.6) is 0 Å². The molecule has 1 N–H and O–H groups in total. The zero-order valence-corrected chi connectivity index (χ0v) is 21.3. The average molecular weight is 496 g/mol. The van der Waals surface area contributed by atoms with E-state index in [1.54, 1.807) is 0 Å². The second-order valence-electron chi connectivity index (χ2n) is 9.60. The first-order valence-electron chi connectivity index (χ1n) is 11.8. The van der Waals surface area contributed by atoms with Crippen molar-refractivity contribution in [2.24, 2.45) is 0 Å². The van der Waals surface area contributed by atoms with Gasteiger partial charge in [0, 0.05) is 22.1 Å². The van der Waals surface area contributed by atoms with Crippen LogP contribution < -0.4 is 5.32 Å². The third-order valence-corrected chi connectivity index (χ3v) is 7.22. The molecule has 0 atom stereocenters. The van der Waals surface area contributed by atoms with Gasteiger partial charge in [0.2, 0.25) is 0 Å². The topological polar surface area (TPSA) is 12.0 Å². The van der Waals surface area contributed by atoms with Crippen LogP contribution in [0, 0.1) is 0 Å². The van der Waals surface area contributed by atoms with E-state index in [9.17, 15) is 0 Å². The van der Waals surface area contributed by atoms with Crippen LogP contribution in [0.2, 0.25) is 0 Å². The van der Waals surface area contributed by atoms with Gasteiger partial charge in [0.05, 0.1) is 5.69 Å². The number of fused-ring (bicyclic) bond motifs is 3. The Bertz CT molecular complexity index is 1290. The lowest BCUT2D eigenvalue weighted by Gasteiger charge is -2.24. The minimum absolute atomic E-state index is 0.449. The molecule has 0 saturated heterocycles. The van der Waals surface area contributed by atoms with Gasteiger partial charge in [-0.25, -0.2) is 0 Å². The third-order valence-electron chi connectivity index (χ3n) is 6.72. The van der Waals surface area contributed by atoms with E-state index in [1.807, 2.05) is 0 Å². The third kappa shape index (κ3) is 4.02. The van der Waals surface area contributed by atoms with Crippen molar-refractivity contribution in [3.63, 3.8) is 0 Å². The Labute approximate surface area is 206 Å². The first kappa shape index (κ1) is 22.0. The van der Waals surface area contributed by atoms with Crippen molar-refractivity contribution in [2.45, 2.75) is 46.0 Å². The Kier molecular flexibility index (Phi) is 5.88. The number of nitrogens with one attached hydrogen (secondary N) is 1. The van der Waals surface area contributed by atoms with E-state index >= 15 is 0 Å². The molecule has 0 fully saturated rings. The van der Waals surface area contributed by atoms with Gasteiger partial charge in [-0.05, 0) is 75.0 Å². The lowest BCUT2D eigenvalue weighted by atomic mass is 9.83. The SMILES string of the molecule is CC(C)c1cccc(C(C)C)c1-c1ccc2c(c1Nc1ccccc1)Cc1cc(Br)ccc1-2. The Balaban J connectivity index is 1.79. The second kappa shape index (κ2) is 8.83. The highest BCUT2D eigenvalue weighted by molar-refractivity contribution is 9.10. The number of halogens is 1. The van der Waals surface area contributed by atoms with E-state index in [0.29, 0.717) is 11.8 Å². The zero-order valence-electron chi connectivity index (χ0n) is 19.7. The van der Waals surface area contributed by atoms with Crippen molar-refractivity contribution in [3.8, 4) is 22.3 Å². The summed E-state index contributed by atoms with van der Waals surface area (Å²) in [7, 11) is 0. The molecule has 33 heavy (non-hydrogen) atoms. The van der Waals surface area contributed by atoms with E-state index in [2.05, 4.69) is 128 Å². The van der Waals surface area contributed by atoms with E-state index in [-0.39, 0.29) is 0 Å². The fourth-order valence-electron chi connectivity index (χ4n) is 5.12. The van der Waals surface area contributed by atoms with Crippen molar-refractivity contribution in [3.05, 3.63) is 106 Å². The van der Waals surface area contributed by atoms with Gasteiger partial charge in [0.25, 0.3) is 0 Å². The number of rotatable bonds is 5. The van der Waals surface area contributed by atoms with Gasteiger partial charge in [0.1, 0.15) is 0 Å². The molecule has 0 saturated carbocycles. The molecule has 4 aromatic rings. The monoisotopic (exact) mass is 495 g/mol. The molecule has 0 radical (unpaired) electrons. The predicted molar refractivity (Wildman–Crippen MR) is 146 cm³/mol. The highest BCUT2D eigenvalue weighted by atomic mass is 79.9. The van der Waals surface area contributed by atoms with Gasteiger partial charge in [-0.3, -0.25) is 0 Å². The van der Waals surface area contributed by atoms with Crippen molar-refractivity contribution in [1.82, 2.24) is 0 Å². The quantitative estimate of drug-likeness (QED) is 0.255. The average Bonchev–Trinajstić information content (AvgIpc) is 3.17. The summed E-state index contributed by atoms with van der Waals surface area (Å²) in [6, 6.07) is 28.7. The van der Waals surface area contributed by atoms with Crippen molar-refractivity contribution >= 4 is 27.3 Å². The maximum Gasteiger partial charge on any atom is 0.0506 e. The molecule has 166 valence electrons. The standard InChI is InChI=1S/C31H30BrN/c1-19(2)24-11-8-12-25(20(3)4)30(24)28-16-15-27-26-14-13-22(32)17-21(26)18-29(27)31(28)33-23-9-6-5-7-10-23/h5-17,19-20,33H,18H2,1-4H3.